The molecule has 0 saturated heterocycles. The van der Waals surface area contributed by atoms with Crippen LogP contribution in [0.25, 0.3) is 0 Å². The smallest absolute Gasteiger partial charge is 0.457 e. The van der Waals surface area contributed by atoms with Crippen molar-refractivity contribution in [3.05, 3.63) is 0 Å². The summed E-state index contributed by atoms with van der Waals surface area (Å²) < 4.78 is 32.4. The Hall–Kier alpha value is -1.03. The summed E-state index contributed by atoms with van der Waals surface area (Å²) in [6, 6.07) is 0. The maximum Gasteiger partial charge on any atom is 0.472 e. The van der Waals surface area contributed by atoms with Crippen LogP contribution in [0.2, 0.25) is 0 Å². The molecular formula is C37H73O10P. The predicted octanol–water partition coefficient (Wildman–Crippen LogP) is 9.50. The number of ether oxygens (including phenoxy) is 2. The van der Waals surface area contributed by atoms with Crippen LogP contribution in [0.4, 0.5) is 0 Å². The summed E-state index contributed by atoms with van der Waals surface area (Å²) in [5.41, 5.74) is 0. The molecule has 10 nitrogen and oxygen atoms in total. The zero-order chi connectivity index (χ0) is 35.6. The predicted molar refractivity (Wildman–Crippen MR) is 192 cm³/mol. The van der Waals surface area contributed by atoms with E-state index < -0.39 is 58.4 Å². The number of esters is 2. The van der Waals surface area contributed by atoms with Gasteiger partial charge in [-0.25, -0.2) is 4.57 Å². The molecule has 3 N–H and O–H groups in total. The van der Waals surface area contributed by atoms with E-state index in [2.05, 4.69) is 13.8 Å². The monoisotopic (exact) mass is 708 g/mol. The largest absolute Gasteiger partial charge is 0.472 e. The number of aliphatic hydroxyl groups excluding tert-OH is 2. The molecule has 0 fully saturated rings. The second kappa shape index (κ2) is 34.4. The van der Waals surface area contributed by atoms with E-state index in [4.69, 9.17) is 18.5 Å². The highest BCUT2D eigenvalue weighted by Crippen LogP contribution is 2.43. The van der Waals surface area contributed by atoms with E-state index in [0.29, 0.717) is 12.8 Å². The highest BCUT2D eigenvalue weighted by molar-refractivity contribution is 7.47. The van der Waals surface area contributed by atoms with Crippen LogP contribution in [-0.2, 0) is 32.7 Å². The van der Waals surface area contributed by atoms with Crippen LogP contribution in [0, 0.1) is 0 Å². The van der Waals surface area contributed by atoms with Crippen LogP contribution in [0.5, 0.6) is 0 Å². The van der Waals surface area contributed by atoms with Gasteiger partial charge in [-0.15, -0.1) is 0 Å². The third-order valence-electron chi connectivity index (χ3n) is 8.57. The van der Waals surface area contributed by atoms with Gasteiger partial charge in [0.15, 0.2) is 0 Å². The maximum atomic E-state index is 12.3. The number of unbranched alkanes of at least 4 members (excludes halogenated alkanes) is 23. The third-order valence-corrected chi connectivity index (χ3v) is 9.52. The molecule has 0 amide bonds. The first-order valence-electron chi connectivity index (χ1n) is 19.5. The molecule has 0 aromatic carbocycles. The first-order chi connectivity index (χ1) is 23.3. The topological polar surface area (TPSA) is 149 Å². The lowest BCUT2D eigenvalue weighted by atomic mass is 10.0. The number of rotatable bonds is 37. The lowest BCUT2D eigenvalue weighted by Gasteiger charge is -2.20. The van der Waals surface area contributed by atoms with Crippen LogP contribution in [0.1, 0.15) is 187 Å². The average molecular weight is 709 g/mol. The van der Waals surface area contributed by atoms with E-state index in [0.717, 1.165) is 38.5 Å². The zero-order valence-corrected chi connectivity index (χ0v) is 31.6. The van der Waals surface area contributed by atoms with Gasteiger partial charge in [-0.1, -0.05) is 162 Å². The van der Waals surface area contributed by atoms with Crippen LogP contribution in [0.3, 0.4) is 0 Å². The van der Waals surface area contributed by atoms with E-state index in [1.807, 2.05) is 0 Å². The Morgan fingerprint density at radius 3 is 0.979 bits per heavy atom. The quantitative estimate of drug-likeness (QED) is 0.0324. The Morgan fingerprint density at radius 2 is 0.729 bits per heavy atom. The standard InChI is InChI=1S/C37H73O10P/c1-3-5-7-9-11-13-14-15-16-17-18-19-20-21-23-25-27-29-37(41)47-35(31-39)33-45-48(42,43)44-32-34(30-38)46-36(40)28-26-24-22-12-10-8-6-4-2/h34-35,38-39H,3-33H2,1-2H3,(H,42,43). The van der Waals surface area contributed by atoms with Crippen molar-refractivity contribution in [2.24, 2.45) is 0 Å². The van der Waals surface area contributed by atoms with Gasteiger partial charge >= 0.3 is 19.8 Å². The molecule has 0 bridgehead atoms. The van der Waals surface area contributed by atoms with Crippen LogP contribution in [0.15, 0.2) is 0 Å². The van der Waals surface area contributed by atoms with Crippen molar-refractivity contribution in [1.82, 2.24) is 0 Å². The van der Waals surface area contributed by atoms with Crippen molar-refractivity contribution in [3.63, 3.8) is 0 Å². The fourth-order valence-corrected chi connectivity index (χ4v) is 6.31. The van der Waals surface area contributed by atoms with E-state index in [-0.39, 0.29) is 12.8 Å². The molecule has 0 aliphatic carbocycles. The Labute approximate surface area is 293 Å². The molecule has 0 aromatic heterocycles. The third kappa shape index (κ3) is 32.2. The molecule has 48 heavy (non-hydrogen) atoms. The van der Waals surface area contributed by atoms with E-state index in [1.54, 1.807) is 0 Å². The van der Waals surface area contributed by atoms with Crippen molar-refractivity contribution in [3.8, 4) is 0 Å². The lowest BCUT2D eigenvalue weighted by Crippen LogP contribution is -2.28. The second-order valence-electron chi connectivity index (χ2n) is 13.3. The number of phosphoric ester groups is 1. The molecule has 286 valence electrons. The van der Waals surface area contributed by atoms with Gasteiger partial charge in [0.05, 0.1) is 26.4 Å². The summed E-state index contributed by atoms with van der Waals surface area (Å²) in [4.78, 5) is 34.2. The van der Waals surface area contributed by atoms with Gasteiger partial charge in [-0.05, 0) is 12.8 Å². The molecule has 11 heteroatoms. The van der Waals surface area contributed by atoms with Crippen molar-refractivity contribution in [2.45, 2.75) is 199 Å². The molecule has 0 rings (SSSR count). The number of carbonyl (C=O) groups excluding carboxylic acids is 2. The second-order valence-corrected chi connectivity index (χ2v) is 14.7. The molecule has 0 saturated carbocycles. The minimum absolute atomic E-state index is 0.196. The Balaban J connectivity index is 3.89. The fourth-order valence-electron chi connectivity index (χ4n) is 5.53. The molecule has 3 atom stereocenters. The van der Waals surface area contributed by atoms with E-state index in [1.165, 1.54) is 109 Å². The van der Waals surface area contributed by atoms with Gasteiger partial charge in [0, 0.05) is 12.8 Å². The minimum Gasteiger partial charge on any atom is -0.457 e. The fraction of sp³-hybridized carbons (Fsp3) is 0.946. The Kier molecular flexibility index (Phi) is 33.7. The van der Waals surface area contributed by atoms with Crippen molar-refractivity contribution in [1.29, 1.82) is 0 Å². The molecule has 0 radical (unpaired) electrons. The minimum atomic E-state index is -4.62. The molecule has 0 aliphatic heterocycles. The van der Waals surface area contributed by atoms with E-state index >= 15 is 0 Å². The molecule has 0 aliphatic rings. The van der Waals surface area contributed by atoms with Gasteiger partial charge < -0.3 is 24.6 Å². The SMILES string of the molecule is CCCCCCCCCCCCCCCCCCCC(=O)OC(CO)COP(=O)(O)OCC(CO)OC(=O)CCCCCCCCCC. The first-order valence-corrected chi connectivity index (χ1v) is 21.0. The van der Waals surface area contributed by atoms with Gasteiger partial charge in [-0.2, -0.15) is 0 Å². The average Bonchev–Trinajstić information content (AvgIpc) is 3.07. The summed E-state index contributed by atoms with van der Waals surface area (Å²) in [5, 5.41) is 19.0. The number of phosphoric acid groups is 1. The number of hydrogen-bond donors (Lipinski definition) is 3. The van der Waals surface area contributed by atoms with Gasteiger partial charge in [0.25, 0.3) is 0 Å². The van der Waals surface area contributed by atoms with Gasteiger partial charge in [-0.3, -0.25) is 18.6 Å². The molecule has 0 aromatic rings. The van der Waals surface area contributed by atoms with Crippen LogP contribution in [-0.4, -0.2) is 65.7 Å². The molecule has 0 heterocycles. The van der Waals surface area contributed by atoms with Crippen molar-refractivity contribution < 1.29 is 47.8 Å². The maximum absolute atomic E-state index is 12.3. The Morgan fingerprint density at radius 1 is 0.479 bits per heavy atom. The lowest BCUT2D eigenvalue weighted by molar-refractivity contribution is -0.153. The number of hydrogen-bond acceptors (Lipinski definition) is 9. The molecular weight excluding hydrogens is 635 g/mol. The highest BCUT2D eigenvalue weighted by atomic mass is 31.2. The van der Waals surface area contributed by atoms with Crippen molar-refractivity contribution in [2.75, 3.05) is 26.4 Å². The number of aliphatic hydroxyl groups is 2. The summed E-state index contributed by atoms with van der Waals surface area (Å²) >= 11 is 0. The first kappa shape index (κ1) is 47.0. The zero-order valence-electron chi connectivity index (χ0n) is 30.7. The van der Waals surface area contributed by atoms with Gasteiger partial charge in [0.2, 0.25) is 0 Å². The van der Waals surface area contributed by atoms with E-state index in [9.17, 15) is 29.3 Å². The Bertz CT molecular complexity index is 781. The molecule has 0 spiro atoms. The van der Waals surface area contributed by atoms with Crippen LogP contribution < -0.4 is 0 Å². The summed E-state index contributed by atoms with van der Waals surface area (Å²) in [6.07, 6.45) is 28.1. The highest BCUT2D eigenvalue weighted by Gasteiger charge is 2.27. The van der Waals surface area contributed by atoms with Crippen molar-refractivity contribution >= 4 is 19.8 Å². The summed E-state index contributed by atoms with van der Waals surface area (Å²) in [6.45, 7) is 2.18. The summed E-state index contributed by atoms with van der Waals surface area (Å²) in [5.74, 6) is -1.01. The number of carbonyl (C=O) groups is 2. The van der Waals surface area contributed by atoms with Crippen LogP contribution >= 0.6 is 7.82 Å². The normalized spacial score (nSPS) is 14.0. The molecule has 3 unspecified atom stereocenters. The van der Waals surface area contributed by atoms with Gasteiger partial charge in [0.1, 0.15) is 12.2 Å². The summed E-state index contributed by atoms with van der Waals surface area (Å²) in [7, 11) is -4.62.